The molecule has 160 valence electrons. The van der Waals surface area contributed by atoms with E-state index in [0.717, 1.165) is 17.6 Å². The van der Waals surface area contributed by atoms with Gasteiger partial charge in [0.05, 0.1) is 40.4 Å². The van der Waals surface area contributed by atoms with Crippen LogP contribution in [0.2, 0.25) is 0 Å². The van der Waals surface area contributed by atoms with Crippen molar-refractivity contribution in [1.82, 2.24) is 24.6 Å². The zero-order chi connectivity index (χ0) is 22.5. The molecule has 1 atom stereocenters. The van der Waals surface area contributed by atoms with E-state index in [0.29, 0.717) is 27.7 Å². The molecule has 31 heavy (non-hydrogen) atoms. The fraction of sp³-hybridized carbons (Fsp3) is 0.238. The van der Waals surface area contributed by atoms with Crippen LogP contribution in [-0.2, 0) is 13.2 Å². The molecule has 3 heterocycles. The first-order valence-corrected chi connectivity index (χ1v) is 9.39. The predicted molar refractivity (Wildman–Crippen MR) is 110 cm³/mol. The molecular formula is C21H19F3N6O. The van der Waals surface area contributed by atoms with Crippen LogP contribution in [0.15, 0.2) is 42.7 Å². The summed E-state index contributed by atoms with van der Waals surface area (Å²) in [5.74, 6) is -0.0500. The third-order valence-corrected chi connectivity index (χ3v) is 5.43. The van der Waals surface area contributed by atoms with Crippen LogP contribution in [0, 0.1) is 0 Å². The van der Waals surface area contributed by atoms with Gasteiger partial charge < -0.3 is 10.6 Å². The number of aromatic nitrogens is 4. The minimum Gasteiger partial charge on any atom is -0.383 e. The summed E-state index contributed by atoms with van der Waals surface area (Å²) in [5.41, 5.74) is 7.27. The summed E-state index contributed by atoms with van der Waals surface area (Å²) in [7, 11) is 3.35. The Bertz CT molecular complexity index is 1300. The Morgan fingerprint density at radius 3 is 2.48 bits per heavy atom. The molecule has 0 aliphatic carbocycles. The highest BCUT2D eigenvalue weighted by molar-refractivity contribution is 6.09. The minimum atomic E-state index is -4.41. The van der Waals surface area contributed by atoms with Crippen LogP contribution in [0.4, 0.5) is 19.0 Å². The van der Waals surface area contributed by atoms with Gasteiger partial charge in [0, 0.05) is 19.5 Å². The lowest BCUT2D eigenvalue weighted by atomic mass is 10.0. The Morgan fingerprint density at radius 2 is 1.84 bits per heavy atom. The zero-order valence-corrected chi connectivity index (χ0v) is 17.0. The Morgan fingerprint density at radius 1 is 1.16 bits per heavy atom. The SMILES string of the molecule is CC(c1ccc(C(F)(F)F)cc1)N(C)C(=O)c1cc2c(cn1)nc(N)c1cnn(C)c12. The van der Waals surface area contributed by atoms with Crippen molar-refractivity contribution in [3.8, 4) is 0 Å². The van der Waals surface area contributed by atoms with Crippen molar-refractivity contribution in [3.63, 3.8) is 0 Å². The summed E-state index contributed by atoms with van der Waals surface area (Å²) >= 11 is 0. The third-order valence-electron chi connectivity index (χ3n) is 5.43. The standard InChI is InChI=1S/C21H19F3N6O/c1-11(12-4-6-13(7-5-12)21(22,23)24)29(2)20(31)16-8-14-17(10-26-16)28-19(25)15-9-27-30(3)18(14)15/h4-11H,1-3H3,(H2,25,28). The second-order valence-electron chi connectivity index (χ2n) is 7.33. The van der Waals surface area contributed by atoms with Crippen molar-refractivity contribution in [2.45, 2.75) is 19.1 Å². The normalized spacial score (nSPS) is 13.0. The van der Waals surface area contributed by atoms with Gasteiger partial charge in [0.1, 0.15) is 11.5 Å². The van der Waals surface area contributed by atoms with Crippen molar-refractivity contribution < 1.29 is 18.0 Å². The molecule has 1 amide bonds. The van der Waals surface area contributed by atoms with Gasteiger partial charge in [0.2, 0.25) is 0 Å². The molecule has 7 nitrogen and oxygen atoms in total. The number of hydrogen-bond donors (Lipinski definition) is 1. The van der Waals surface area contributed by atoms with E-state index in [1.54, 1.807) is 38.0 Å². The highest BCUT2D eigenvalue weighted by Crippen LogP contribution is 2.31. The number of alkyl halides is 3. The third kappa shape index (κ3) is 3.54. The van der Waals surface area contributed by atoms with E-state index in [4.69, 9.17) is 5.73 Å². The fourth-order valence-electron chi connectivity index (χ4n) is 3.51. The van der Waals surface area contributed by atoms with Gasteiger partial charge in [-0.05, 0) is 30.7 Å². The molecule has 0 fully saturated rings. The van der Waals surface area contributed by atoms with Gasteiger partial charge in [-0.15, -0.1) is 0 Å². The van der Waals surface area contributed by atoms with Crippen LogP contribution in [0.1, 0.15) is 34.6 Å². The maximum Gasteiger partial charge on any atom is 0.416 e. The van der Waals surface area contributed by atoms with E-state index in [-0.39, 0.29) is 11.6 Å². The van der Waals surface area contributed by atoms with Gasteiger partial charge in [-0.25, -0.2) is 9.97 Å². The lowest BCUT2D eigenvalue weighted by molar-refractivity contribution is -0.137. The number of halogens is 3. The second kappa shape index (κ2) is 7.22. The summed E-state index contributed by atoms with van der Waals surface area (Å²) in [6.45, 7) is 1.74. The molecule has 4 aromatic rings. The molecule has 1 aromatic carbocycles. The van der Waals surface area contributed by atoms with Gasteiger partial charge in [0.25, 0.3) is 5.91 Å². The average Bonchev–Trinajstić information content (AvgIpc) is 3.14. The maximum atomic E-state index is 13.1. The molecule has 0 aliphatic heterocycles. The van der Waals surface area contributed by atoms with Gasteiger partial charge >= 0.3 is 6.18 Å². The number of carbonyl (C=O) groups is 1. The van der Waals surface area contributed by atoms with E-state index in [1.165, 1.54) is 23.2 Å². The lowest BCUT2D eigenvalue weighted by Gasteiger charge is -2.25. The van der Waals surface area contributed by atoms with Crippen molar-refractivity contribution >= 4 is 33.5 Å². The largest absolute Gasteiger partial charge is 0.416 e. The van der Waals surface area contributed by atoms with Gasteiger partial charge in [-0.3, -0.25) is 9.48 Å². The van der Waals surface area contributed by atoms with Crippen LogP contribution in [0.3, 0.4) is 0 Å². The molecule has 4 rings (SSSR count). The number of amides is 1. The molecule has 0 saturated carbocycles. The Hall–Kier alpha value is -3.69. The fourth-order valence-corrected chi connectivity index (χ4v) is 3.51. The summed E-state index contributed by atoms with van der Waals surface area (Å²) in [6.07, 6.45) is -1.33. The van der Waals surface area contributed by atoms with Gasteiger partial charge in [0.15, 0.2) is 0 Å². The maximum absolute atomic E-state index is 13.1. The molecule has 1 unspecified atom stereocenters. The first-order chi connectivity index (χ1) is 14.6. The number of anilines is 1. The van der Waals surface area contributed by atoms with E-state index >= 15 is 0 Å². The van der Waals surface area contributed by atoms with Crippen LogP contribution >= 0.6 is 0 Å². The Labute approximate surface area is 175 Å². The number of rotatable bonds is 3. The predicted octanol–water partition coefficient (Wildman–Crippen LogP) is 3.95. The van der Waals surface area contributed by atoms with Crippen molar-refractivity contribution in [1.29, 1.82) is 0 Å². The highest BCUT2D eigenvalue weighted by Gasteiger charge is 2.30. The van der Waals surface area contributed by atoms with E-state index in [2.05, 4.69) is 15.1 Å². The summed E-state index contributed by atoms with van der Waals surface area (Å²) < 4.78 is 40.1. The minimum absolute atomic E-state index is 0.183. The quantitative estimate of drug-likeness (QED) is 0.534. The van der Waals surface area contributed by atoms with Crippen molar-refractivity contribution in [3.05, 3.63) is 59.5 Å². The molecule has 0 saturated heterocycles. The number of fused-ring (bicyclic) bond motifs is 3. The number of nitrogens with two attached hydrogens (primary N) is 1. The zero-order valence-electron chi connectivity index (χ0n) is 17.0. The molecule has 0 aliphatic rings. The highest BCUT2D eigenvalue weighted by atomic mass is 19.4. The van der Waals surface area contributed by atoms with E-state index in [9.17, 15) is 18.0 Å². The van der Waals surface area contributed by atoms with Crippen LogP contribution in [0.25, 0.3) is 21.8 Å². The first-order valence-electron chi connectivity index (χ1n) is 9.39. The Kier molecular flexibility index (Phi) is 4.79. The lowest BCUT2D eigenvalue weighted by Crippen LogP contribution is -2.30. The smallest absolute Gasteiger partial charge is 0.383 e. The van der Waals surface area contributed by atoms with E-state index < -0.39 is 17.8 Å². The number of benzene rings is 1. The number of hydrogen-bond acceptors (Lipinski definition) is 5. The van der Waals surface area contributed by atoms with E-state index in [1.807, 2.05) is 0 Å². The van der Waals surface area contributed by atoms with Gasteiger partial charge in [-0.2, -0.15) is 18.3 Å². The number of pyridine rings is 2. The molecule has 0 radical (unpaired) electrons. The van der Waals surface area contributed by atoms with Crippen LogP contribution in [-0.4, -0.2) is 37.6 Å². The number of nitrogens with zero attached hydrogens (tertiary/aromatic N) is 5. The monoisotopic (exact) mass is 428 g/mol. The van der Waals surface area contributed by atoms with Crippen LogP contribution in [0.5, 0.6) is 0 Å². The molecule has 0 bridgehead atoms. The second-order valence-corrected chi connectivity index (χ2v) is 7.33. The number of aryl methyl sites for hydroxylation is 1. The topological polar surface area (TPSA) is 89.9 Å². The number of carbonyl (C=O) groups excluding carboxylic acids is 1. The van der Waals surface area contributed by atoms with Crippen LogP contribution < -0.4 is 5.73 Å². The summed E-state index contributed by atoms with van der Waals surface area (Å²) in [4.78, 5) is 23.0. The number of nitrogen functional groups attached to an aromatic ring is 1. The Balaban J connectivity index is 1.67. The first kappa shape index (κ1) is 20.6. The summed E-state index contributed by atoms with van der Waals surface area (Å²) in [6, 6.07) is 5.92. The van der Waals surface area contributed by atoms with Crippen molar-refractivity contribution in [2.75, 3.05) is 12.8 Å². The molecule has 0 spiro atoms. The average molecular weight is 428 g/mol. The van der Waals surface area contributed by atoms with Crippen molar-refractivity contribution in [2.24, 2.45) is 7.05 Å². The molecule has 2 N–H and O–H groups in total. The van der Waals surface area contributed by atoms with Gasteiger partial charge in [-0.1, -0.05) is 12.1 Å². The molecular weight excluding hydrogens is 409 g/mol. The molecule has 10 heteroatoms. The summed E-state index contributed by atoms with van der Waals surface area (Å²) in [5, 5.41) is 5.56. The molecule has 3 aromatic heterocycles.